The summed E-state index contributed by atoms with van der Waals surface area (Å²) in [6.45, 7) is 7.97. The number of hydrogen-bond acceptors (Lipinski definition) is 10. The van der Waals surface area contributed by atoms with Gasteiger partial charge in [0, 0.05) is 34.2 Å². The lowest BCUT2D eigenvalue weighted by molar-refractivity contribution is -0.142. The van der Waals surface area contributed by atoms with Crippen LogP contribution in [0.15, 0.2) is 36.4 Å². The van der Waals surface area contributed by atoms with Gasteiger partial charge in [-0.1, -0.05) is 50.6 Å². The number of alkyl carbamates (subject to hydrolysis) is 1. The van der Waals surface area contributed by atoms with E-state index in [4.69, 9.17) is 25.8 Å². The molecule has 5 fully saturated rings. The van der Waals surface area contributed by atoms with Crippen molar-refractivity contribution in [1.82, 2.24) is 25.2 Å². The second kappa shape index (κ2) is 16.1. The van der Waals surface area contributed by atoms with Crippen LogP contribution in [0.1, 0.15) is 98.3 Å². The Morgan fingerprint density at radius 2 is 1.81 bits per heavy atom. The van der Waals surface area contributed by atoms with Gasteiger partial charge in [-0.25, -0.2) is 13.2 Å². The molecule has 3 heterocycles. The van der Waals surface area contributed by atoms with Gasteiger partial charge in [0.05, 0.1) is 17.9 Å². The van der Waals surface area contributed by atoms with Gasteiger partial charge in [-0.15, -0.1) is 0 Å². The predicted octanol–water partition coefficient (Wildman–Crippen LogP) is 5.80. The number of ether oxygens (including phenoxy) is 3. The number of sulfonamides is 1. The van der Waals surface area contributed by atoms with Crippen LogP contribution in [-0.4, -0.2) is 89.8 Å². The molecule has 0 radical (unpaired) electrons. The zero-order chi connectivity index (χ0) is 41.9. The third kappa shape index (κ3) is 8.60. The number of rotatable bonds is 10. The lowest BCUT2D eigenvalue weighted by Gasteiger charge is -2.33. The molecule has 0 spiro atoms. The van der Waals surface area contributed by atoms with Gasteiger partial charge in [0.15, 0.2) is 0 Å². The summed E-state index contributed by atoms with van der Waals surface area (Å²) in [4.78, 5) is 63.3. The van der Waals surface area contributed by atoms with Crippen molar-refractivity contribution in [2.75, 3.05) is 13.2 Å². The van der Waals surface area contributed by atoms with E-state index in [1.807, 2.05) is 32.1 Å². The van der Waals surface area contributed by atoms with Crippen LogP contribution in [0.2, 0.25) is 5.02 Å². The predicted molar refractivity (Wildman–Crippen MR) is 220 cm³/mol. The van der Waals surface area contributed by atoms with Crippen LogP contribution in [0.3, 0.4) is 0 Å². The van der Waals surface area contributed by atoms with E-state index in [-0.39, 0.29) is 43.2 Å². The zero-order valence-corrected chi connectivity index (χ0v) is 35.8. The van der Waals surface area contributed by atoms with Crippen LogP contribution < -0.4 is 24.8 Å². The Morgan fingerprint density at radius 1 is 1.05 bits per heavy atom. The first-order chi connectivity index (χ1) is 28.1. The van der Waals surface area contributed by atoms with Crippen molar-refractivity contribution in [3.05, 3.63) is 41.4 Å². The molecule has 0 bridgehead atoms. The molecule has 3 N–H and O–H groups in total. The van der Waals surface area contributed by atoms with E-state index in [1.54, 1.807) is 25.1 Å². The molecule has 14 nitrogen and oxygen atoms in total. The molecule has 10 atom stereocenters. The van der Waals surface area contributed by atoms with Crippen LogP contribution in [-0.2, 0) is 29.1 Å². The lowest BCUT2D eigenvalue weighted by Crippen LogP contribution is -2.59. The number of carbonyl (C=O) groups is 4. The van der Waals surface area contributed by atoms with Crippen molar-refractivity contribution >= 4 is 56.2 Å². The number of fused-ring (bicyclic) bond motifs is 4. The van der Waals surface area contributed by atoms with Gasteiger partial charge < -0.3 is 29.7 Å². The number of amides is 4. The van der Waals surface area contributed by atoms with Crippen molar-refractivity contribution < 1.29 is 41.8 Å². The highest BCUT2D eigenvalue weighted by Gasteiger charge is 2.63. The molecule has 59 heavy (non-hydrogen) atoms. The highest BCUT2D eigenvalue weighted by atomic mass is 35.5. The molecule has 1 saturated heterocycles. The summed E-state index contributed by atoms with van der Waals surface area (Å²) in [6.07, 6.45) is 8.93. The average molecular weight is 854 g/mol. The number of allylic oxidation sites excluding steroid dienone is 1. The summed E-state index contributed by atoms with van der Waals surface area (Å²) in [5.74, 6) is -0.826. The Hall–Kier alpha value is -4.11. The van der Waals surface area contributed by atoms with Gasteiger partial charge in [0.25, 0.3) is 5.91 Å². The van der Waals surface area contributed by atoms with Crippen molar-refractivity contribution in [3.63, 3.8) is 0 Å². The minimum atomic E-state index is -4.01. The number of carbonyl (C=O) groups excluding carboxylic acids is 4. The van der Waals surface area contributed by atoms with Crippen LogP contribution >= 0.6 is 11.6 Å². The van der Waals surface area contributed by atoms with Crippen LogP contribution in [0.25, 0.3) is 10.8 Å². The normalized spacial score (nSPS) is 34.2. The number of aromatic nitrogens is 1. The Balaban J connectivity index is 1.12. The van der Waals surface area contributed by atoms with Crippen LogP contribution in [0, 0.1) is 29.6 Å². The molecular weight excluding hydrogens is 798 g/mol. The quantitative estimate of drug-likeness (QED) is 0.247. The highest BCUT2D eigenvalue weighted by Crippen LogP contribution is 2.52. The molecule has 4 saturated carbocycles. The smallest absolute Gasteiger partial charge is 0.408 e. The maximum absolute atomic E-state index is 15.0. The molecule has 2 aromatic rings. The van der Waals surface area contributed by atoms with E-state index in [0.717, 1.165) is 25.7 Å². The summed E-state index contributed by atoms with van der Waals surface area (Å²) in [7, 11) is -4.01. The van der Waals surface area contributed by atoms with Crippen molar-refractivity contribution in [3.8, 4) is 11.8 Å². The SMILES string of the molecule is CCCOc1cc2c(Cl)cccc2c(O[C@@H]2C[C@H]3C(=O)N[C@]4(C(=O)NS(=O)(=O)C5(C)CC5)C[C@H]4/C=C\CC[C@H](C)C[C@@H](C)[C@H](NC(=O)OC4C[C@@H]5C[C@@H]5C4)C(=O)N3C2)n1. The number of nitrogens with zero attached hydrogens (tertiary/aromatic N) is 2. The zero-order valence-electron chi connectivity index (χ0n) is 34.2. The number of pyridine rings is 1. The monoisotopic (exact) mass is 853 g/mol. The van der Waals surface area contributed by atoms with Gasteiger partial charge in [0.2, 0.25) is 33.6 Å². The molecule has 1 aromatic heterocycles. The summed E-state index contributed by atoms with van der Waals surface area (Å²) in [6, 6.07) is 4.92. The maximum Gasteiger partial charge on any atom is 0.408 e. The third-order valence-corrected chi connectivity index (χ3v) is 16.0. The topological polar surface area (TPSA) is 182 Å². The molecule has 1 unspecified atom stereocenters. The van der Waals surface area contributed by atoms with Gasteiger partial charge in [-0.2, -0.15) is 4.98 Å². The number of nitrogens with one attached hydrogen (secondary N) is 3. The first-order valence-corrected chi connectivity index (χ1v) is 23.2. The molecule has 4 aliphatic carbocycles. The molecule has 8 rings (SSSR count). The Labute approximate surface area is 350 Å². The summed E-state index contributed by atoms with van der Waals surface area (Å²) < 4.78 is 46.1. The molecule has 6 aliphatic rings. The lowest BCUT2D eigenvalue weighted by atomic mass is 9.88. The minimum absolute atomic E-state index is 0.0166. The maximum atomic E-state index is 15.0. The molecule has 2 aliphatic heterocycles. The van der Waals surface area contributed by atoms with E-state index >= 15 is 0 Å². The summed E-state index contributed by atoms with van der Waals surface area (Å²) in [5, 5.41) is 7.59. The Bertz CT molecular complexity index is 2140. The van der Waals surface area contributed by atoms with E-state index in [9.17, 15) is 27.6 Å². The third-order valence-electron chi connectivity index (χ3n) is 13.5. The Morgan fingerprint density at radius 3 is 2.54 bits per heavy atom. The Kier molecular flexibility index (Phi) is 11.3. The second-order valence-electron chi connectivity index (χ2n) is 18.3. The molecule has 1 aromatic carbocycles. The summed E-state index contributed by atoms with van der Waals surface area (Å²) >= 11 is 6.62. The van der Waals surface area contributed by atoms with Crippen molar-refractivity contribution in [2.24, 2.45) is 29.6 Å². The molecule has 4 amide bonds. The van der Waals surface area contributed by atoms with Crippen LogP contribution in [0.5, 0.6) is 11.8 Å². The minimum Gasteiger partial charge on any atom is -0.478 e. The van der Waals surface area contributed by atoms with Gasteiger partial charge in [0.1, 0.15) is 29.8 Å². The largest absolute Gasteiger partial charge is 0.478 e. The fourth-order valence-electron chi connectivity index (χ4n) is 9.38. The highest BCUT2D eigenvalue weighted by molar-refractivity contribution is 7.91. The first-order valence-electron chi connectivity index (χ1n) is 21.3. The van der Waals surface area contributed by atoms with Crippen molar-refractivity contribution in [1.29, 1.82) is 0 Å². The van der Waals surface area contributed by atoms with Crippen molar-refractivity contribution in [2.45, 2.75) is 133 Å². The fourth-order valence-corrected chi connectivity index (χ4v) is 10.9. The average Bonchev–Trinajstić information content (AvgIpc) is 4.14. The molecular formula is C43H56ClN5O9S. The molecule has 16 heteroatoms. The summed E-state index contributed by atoms with van der Waals surface area (Å²) in [5.41, 5.74) is -1.54. The van der Waals surface area contributed by atoms with Gasteiger partial charge in [-0.05, 0) is 107 Å². The number of benzene rings is 1. The van der Waals surface area contributed by atoms with Gasteiger partial charge in [-0.3, -0.25) is 19.1 Å². The second-order valence-corrected chi connectivity index (χ2v) is 20.9. The van der Waals surface area contributed by atoms with Crippen LogP contribution in [0.4, 0.5) is 4.79 Å². The van der Waals surface area contributed by atoms with E-state index in [1.165, 1.54) is 11.3 Å². The fraction of sp³-hybridized carbons (Fsp3) is 0.651. The van der Waals surface area contributed by atoms with Gasteiger partial charge >= 0.3 is 6.09 Å². The number of halogens is 1. The standard InChI is InChI=1S/C43H56ClN5O9S/c1-5-15-56-35-21-32-31(11-8-12-33(32)44)38(45-35)57-30-20-34-37(50)47-43(40(52)48-59(54,55)42(4)13-14-42)22-28(43)10-7-6-9-24(2)16-25(3)36(39(51)49(34)23-30)46-41(53)58-29-18-26-17-27(26)19-29/h7-8,10-12,21,24-30,34,36H,5-6,9,13-20,22-23H2,1-4H3,(H,46,53)(H,47,50)(H,48,52)/b10-7-/t24-,25+,26-,27+,28+,29?,30+,34-,36-,43+/m0/s1. The van der Waals surface area contributed by atoms with E-state index in [2.05, 4.69) is 27.3 Å². The van der Waals surface area contributed by atoms with E-state index < -0.39 is 68.2 Å². The molecule has 320 valence electrons. The number of hydrogen-bond donors (Lipinski definition) is 3. The van der Waals surface area contributed by atoms with E-state index in [0.29, 0.717) is 65.8 Å². The first kappa shape index (κ1) is 41.6.